The minimum Gasteiger partial charge on any atom is -0.481 e. The molecule has 96 valence electrons. The number of nitrogens with zero attached hydrogens (tertiary/aromatic N) is 2. The molecule has 0 saturated heterocycles. The third-order valence-corrected chi connectivity index (χ3v) is 2.35. The maximum Gasteiger partial charge on any atom is 0.229 e. The van der Waals surface area contributed by atoms with E-state index in [2.05, 4.69) is 22.2 Å². The smallest absolute Gasteiger partial charge is 0.229 e. The van der Waals surface area contributed by atoms with Crippen molar-refractivity contribution in [2.75, 3.05) is 26.1 Å². The van der Waals surface area contributed by atoms with Crippen molar-refractivity contribution in [3.63, 3.8) is 0 Å². The van der Waals surface area contributed by atoms with E-state index in [1.165, 1.54) is 0 Å². The average molecular weight is 240 g/mol. The lowest BCUT2D eigenvalue weighted by atomic mass is 10.2. The van der Waals surface area contributed by atoms with Gasteiger partial charge >= 0.3 is 0 Å². The fraction of sp³-hybridized carbons (Fsp3) is 0.636. The molecule has 1 aromatic rings. The van der Waals surface area contributed by atoms with E-state index in [1.807, 2.05) is 0 Å². The van der Waals surface area contributed by atoms with Crippen LogP contribution in [0.25, 0.3) is 0 Å². The molecule has 0 aliphatic carbocycles. The van der Waals surface area contributed by atoms with Gasteiger partial charge in [-0.1, -0.05) is 13.3 Å². The van der Waals surface area contributed by atoms with E-state index in [-0.39, 0.29) is 6.04 Å². The van der Waals surface area contributed by atoms with Crippen LogP contribution in [-0.2, 0) is 0 Å². The minimum atomic E-state index is 0.164. The molecule has 1 rings (SSSR count). The number of nitrogens with two attached hydrogens (primary N) is 1. The van der Waals surface area contributed by atoms with E-state index in [9.17, 15) is 0 Å². The first kappa shape index (κ1) is 13.5. The SMILES string of the molecule is CCCC(CN)Nc1nc(OC)cc(OC)n1. The second-order valence-electron chi connectivity index (χ2n) is 3.64. The largest absolute Gasteiger partial charge is 0.481 e. The van der Waals surface area contributed by atoms with Crippen LogP contribution >= 0.6 is 0 Å². The van der Waals surface area contributed by atoms with Crippen LogP contribution in [0.3, 0.4) is 0 Å². The van der Waals surface area contributed by atoms with Crippen molar-refractivity contribution < 1.29 is 9.47 Å². The van der Waals surface area contributed by atoms with Crippen LogP contribution in [0, 0.1) is 0 Å². The summed E-state index contributed by atoms with van der Waals surface area (Å²) in [5.41, 5.74) is 5.67. The first-order valence-electron chi connectivity index (χ1n) is 5.67. The Bertz CT molecular complexity index is 324. The van der Waals surface area contributed by atoms with Crippen molar-refractivity contribution in [2.45, 2.75) is 25.8 Å². The van der Waals surface area contributed by atoms with Crippen LogP contribution in [0.4, 0.5) is 5.95 Å². The van der Waals surface area contributed by atoms with Gasteiger partial charge < -0.3 is 20.5 Å². The van der Waals surface area contributed by atoms with E-state index < -0.39 is 0 Å². The summed E-state index contributed by atoms with van der Waals surface area (Å²) >= 11 is 0. The molecule has 0 bridgehead atoms. The van der Waals surface area contributed by atoms with Gasteiger partial charge in [-0.25, -0.2) is 0 Å². The predicted octanol–water partition coefficient (Wildman–Crippen LogP) is 1.03. The third kappa shape index (κ3) is 4.07. The molecule has 1 atom stereocenters. The highest BCUT2D eigenvalue weighted by Gasteiger charge is 2.10. The number of hydrogen-bond acceptors (Lipinski definition) is 6. The number of methoxy groups -OCH3 is 2. The topological polar surface area (TPSA) is 82.3 Å². The number of aromatic nitrogens is 2. The van der Waals surface area contributed by atoms with Crippen molar-refractivity contribution in [2.24, 2.45) is 5.73 Å². The first-order valence-corrected chi connectivity index (χ1v) is 5.67. The predicted molar refractivity (Wildman–Crippen MR) is 66.5 cm³/mol. The van der Waals surface area contributed by atoms with E-state index in [1.54, 1.807) is 20.3 Å². The summed E-state index contributed by atoms with van der Waals surface area (Å²) < 4.78 is 10.1. The molecule has 0 aromatic carbocycles. The van der Waals surface area contributed by atoms with Gasteiger partial charge in [-0.3, -0.25) is 0 Å². The number of anilines is 1. The Kier molecular flexibility index (Phi) is 5.48. The summed E-state index contributed by atoms with van der Waals surface area (Å²) in [4.78, 5) is 8.38. The maximum atomic E-state index is 5.67. The summed E-state index contributed by atoms with van der Waals surface area (Å²) in [6.07, 6.45) is 2.02. The van der Waals surface area contributed by atoms with Gasteiger partial charge in [0.1, 0.15) is 0 Å². The summed E-state index contributed by atoms with van der Waals surface area (Å²) in [5.74, 6) is 1.41. The Morgan fingerprint density at radius 1 is 1.29 bits per heavy atom. The van der Waals surface area contributed by atoms with Crippen molar-refractivity contribution in [3.05, 3.63) is 6.07 Å². The van der Waals surface area contributed by atoms with Gasteiger partial charge in [0.2, 0.25) is 17.7 Å². The molecule has 1 heterocycles. The molecule has 0 saturated carbocycles. The Morgan fingerprint density at radius 2 is 1.88 bits per heavy atom. The van der Waals surface area contributed by atoms with E-state index in [0.29, 0.717) is 24.3 Å². The van der Waals surface area contributed by atoms with Crippen LogP contribution in [0.15, 0.2) is 6.07 Å². The Hall–Kier alpha value is -1.56. The molecule has 6 heteroatoms. The number of nitrogens with one attached hydrogen (secondary N) is 1. The normalized spacial score (nSPS) is 12.0. The highest BCUT2D eigenvalue weighted by molar-refractivity contribution is 5.34. The van der Waals surface area contributed by atoms with Crippen LogP contribution in [0.2, 0.25) is 0 Å². The van der Waals surface area contributed by atoms with Crippen molar-refractivity contribution >= 4 is 5.95 Å². The summed E-state index contributed by atoms with van der Waals surface area (Å²) in [5, 5.41) is 3.17. The molecule has 17 heavy (non-hydrogen) atoms. The average Bonchev–Trinajstić information content (AvgIpc) is 2.37. The zero-order chi connectivity index (χ0) is 12.7. The quantitative estimate of drug-likeness (QED) is 0.741. The van der Waals surface area contributed by atoms with E-state index >= 15 is 0 Å². The van der Waals surface area contributed by atoms with Crippen molar-refractivity contribution in [1.29, 1.82) is 0 Å². The number of rotatable bonds is 7. The first-order chi connectivity index (χ1) is 8.23. The fourth-order valence-electron chi connectivity index (χ4n) is 1.46. The summed E-state index contributed by atoms with van der Waals surface area (Å²) in [6, 6.07) is 1.79. The summed E-state index contributed by atoms with van der Waals surface area (Å²) in [6.45, 7) is 2.65. The van der Waals surface area contributed by atoms with Crippen molar-refractivity contribution in [3.8, 4) is 11.8 Å². The molecule has 1 aromatic heterocycles. The zero-order valence-corrected chi connectivity index (χ0v) is 10.6. The van der Waals surface area contributed by atoms with E-state index in [4.69, 9.17) is 15.2 Å². The Morgan fingerprint density at radius 3 is 2.29 bits per heavy atom. The highest BCUT2D eigenvalue weighted by Crippen LogP contribution is 2.18. The molecule has 0 radical (unpaired) electrons. The lowest BCUT2D eigenvalue weighted by molar-refractivity contribution is 0.372. The Labute approximate surface area is 102 Å². The second kappa shape index (κ2) is 6.90. The molecule has 1 unspecified atom stereocenters. The van der Waals surface area contributed by atoms with Crippen LogP contribution < -0.4 is 20.5 Å². The highest BCUT2D eigenvalue weighted by atomic mass is 16.5. The zero-order valence-electron chi connectivity index (χ0n) is 10.6. The van der Waals surface area contributed by atoms with Gasteiger partial charge in [0.05, 0.1) is 20.3 Å². The summed E-state index contributed by atoms with van der Waals surface area (Å²) in [7, 11) is 3.11. The minimum absolute atomic E-state index is 0.164. The lowest BCUT2D eigenvalue weighted by Gasteiger charge is -2.16. The molecule has 0 amide bonds. The van der Waals surface area contributed by atoms with Gasteiger partial charge in [-0.05, 0) is 6.42 Å². The maximum absolute atomic E-state index is 5.67. The van der Waals surface area contributed by atoms with Crippen LogP contribution in [-0.4, -0.2) is 36.8 Å². The molecular formula is C11H20N4O2. The van der Waals surface area contributed by atoms with Gasteiger partial charge in [0, 0.05) is 12.6 Å². The fourth-order valence-corrected chi connectivity index (χ4v) is 1.46. The molecule has 0 spiro atoms. The van der Waals surface area contributed by atoms with Gasteiger partial charge in [0.25, 0.3) is 0 Å². The number of hydrogen-bond donors (Lipinski definition) is 2. The lowest BCUT2D eigenvalue weighted by Crippen LogP contribution is -2.29. The molecule has 6 nitrogen and oxygen atoms in total. The van der Waals surface area contributed by atoms with Gasteiger partial charge in [-0.15, -0.1) is 0 Å². The van der Waals surface area contributed by atoms with Crippen molar-refractivity contribution in [1.82, 2.24) is 9.97 Å². The van der Waals surface area contributed by atoms with E-state index in [0.717, 1.165) is 12.8 Å². The van der Waals surface area contributed by atoms with Crippen LogP contribution in [0.5, 0.6) is 11.8 Å². The van der Waals surface area contributed by atoms with Gasteiger partial charge in [-0.2, -0.15) is 9.97 Å². The molecular weight excluding hydrogens is 220 g/mol. The molecule has 0 aliphatic rings. The molecule has 0 aliphatic heterocycles. The standard InChI is InChI=1S/C11H20N4O2/c1-4-5-8(7-12)13-11-14-9(16-2)6-10(15-11)17-3/h6,8H,4-5,7,12H2,1-3H3,(H,13,14,15). The molecule has 0 fully saturated rings. The second-order valence-corrected chi connectivity index (χ2v) is 3.64. The van der Waals surface area contributed by atoms with Crippen LogP contribution in [0.1, 0.15) is 19.8 Å². The third-order valence-electron chi connectivity index (χ3n) is 2.35. The molecule has 3 N–H and O–H groups in total. The monoisotopic (exact) mass is 240 g/mol. The van der Waals surface area contributed by atoms with Gasteiger partial charge in [0.15, 0.2) is 0 Å². The number of ether oxygens (including phenoxy) is 2. The Balaban J connectivity index is 2.81.